The van der Waals surface area contributed by atoms with Gasteiger partial charge in [-0.15, -0.1) is 0 Å². The van der Waals surface area contributed by atoms with Gasteiger partial charge < -0.3 is 67.2 Å². The Labute approximate surface area is 200 Å². The molecule has 0 aromatic rings. The standard InChI is InChI=1S/C21H43N5O8/c1-21(30)8-31-20(15(29)18(21)26-3)34-17-11(24)6-10(23)16(14(17)28)33-19-9(22)4-5-13(32-19)12(7-27)25-2/h9-20,25-30H,4-8,22-24H2,1-3H3. The fourth-order valence-corrected chi connectivity index (χ4v) is 5.17. The number of aliphatic hydroxyl groups excluding tert-OH is 3. The van der Waals surface area contributed by atoms with Crippen LogP contribution in [0.25, 0.3) is 0 Å². The van der Waals surface area contributed by atoms with Crippen LogP contribution in [-0.2, 0) is 18.9 Å². The molecule has 0 aromatic carbocycles. The number of nitrogens with two attached hydrogens (primary N) is 3. The maximum Gasteiger partial charge on any atom is 0.185 e. The summed E-state index contributed by atoms with van der Waals surface area (Å²) in [5, 5.41) is 47.8. The molecule has 2 heterocycles. The zero-order chi connectivity index (χ0) is 25.2. The van der Waals surface area contributed by atoms with Crippen LogP contribution in [-0.4, -0.2) is 127 Å². The third-order valence-electron chi connectivity index (χ3n) is 7.24. The molecule has 13 nitrogen and oxygen atoms in total. The van der Waals surface area contributed by atoms with Crippen molar-refractivity contribution in [1.82, 2.24) is 10.6 Å². The molecule has 0 amide bonds. The number of hydrogen-bond acceptors (Lipinski definition) is 13. The van der Waals surface area contributed by atoms with Gasteiger partial charge in [-0.1, -0.05) is 0 Å². The average molecular weight is 494 g/mol. The van der Waals surface area contributed by atoms with Crippen LogP contribution in [0.2, 0.25) is 0 Å². The molecule has 1 aliphatic carbocycles. The number of likely N-dealkylation sites (N-methyl/N-ethyl adjacent to an activating group) is 2. The monoisotopic (exact) mass is 493 g/mol. The van der Waals surface area contributed by atoms with Gasteiger partial charge in [0.15, 0.2) is 12.6 Å². The maximum absolute atomic E-state index is 11.1. The fraction of sp³-hybridized carbons (Fsp3) is 1.00. The molecule has 0 bridgehead atoms. The van der Waals surface area contributed by atoms with Gasteiger partial charge in [0.25, 0.3) is 0 Å². The summed E-state index contributed by atoms with van der Waals surface area (Å²) < 4.78 is 23.6. The van der Waals surface area contributed by atoms with Crippen LogP contribution >= 0.6 is 0 Å². The Bertz CT molecular complexity index is 644. The first-order valence-corrected chi connectivity index (χ1v) is 11.9. The zero-order valence-corrected chi connectivity index (χ0v) is 20.1. The average Bonchev–Trinajstić information content (AvgIpc) is 2.78. The summed E-state index contributed by atoms with van der Waals surface area (Å²) in [6, 6.07) is -2.69. The minimum Gasteiger partial charge on any atom is -0.395 e. The van der Waals surface area contributed by atoms with E-state index < -0.39 is 66.8 Å². The Morgan fingerprint density at radius 3 is 2.18 bits per heavy atom. The maximum atomic E-state index is 11.1. The van der Waals surface area contributed by atoms with Crippen LogP contribution in [0, 0.1) is 0 Å². The molecular formula is C21H43N5O8. The Kier molecular flexibility index (Phi) is 9.64. The van der Waals surface area contributed by atoms with Crippen LogP contribution in [0.3, 0.4) is 0 Å². The van der Waals surface area contributed by atoms with E-state index in [1.807, 2.05) is 0 Å². The molecule has 13 heteroatoms. The lowest BCUT2D eigenvalue weighted by atomic mass is 9.84. The lowest BCUT2D eigenvalue weighted by Gasteiger charge is -2.48. The Morgan fingerprint density at radius 1 is 1.00 bits per heavy atom. The van der Waals surface area contributed by atoms with Gasteiger partial charge in [0.1, 0.15) is 30.0 Å². The largest absolute Gasteiger partial charge is 0.395 e. The van der Waals surface area contributed by atoms with E-state index in [0.29, 0.717) is 12.8 Å². The highest BCUT2D eigenvalue weighted by Crippen LogP contribution is 2.31. The Balaban J connectivity index is 1.69. The normalized spacial score (nSPS) is 49.1. The molecule has 2 saturated heterocycles. The van der Waals surface area contributed by atoms with E-state index >= 15 is 0 Å². The van der Waals surface area contributed by atoms with Crippen molar-refractivity contribution in [2.75, 3.05) is 27.3 Å². The predicted molar refractivity (Wildman–Crippen MR) is 121 cm³/mol. The first-order chi connectivity index (χ1) is 16.0. The van der Waals surface area contributed by atoms with Gasteiger partial charge in [-0.3, -0.25) is 0 Å². The quantitative estimate of drug-likeness (QED) is 0.156. The summed E-state index contributed by atoms with van der Waals surface area (Å²) in [6.45, 7) is 1.36. The second-order valence-electron chi connectivity index (χ2n) is 9.91. The molecule has 2 aliphatic heterocycles. The zero-order valence-electron chi connectivity index (χ0n) is 20.1. The van der Waals surface area contributed by atoms with Gasteiger partial charge in [-0.25, -0.2) is 0 Å². The van der Waals surface area contributed by atoms with Crippen molar-refractivity contribution in [2.24, 2.45) is 17.2 Å². The SMILES string of the molecule is CNC(CO)C1CCC(N)C(OC2C(N)CC(N)C(OC3OCC(C)(O)C(NC)C3O)C2O)O1. The molecule has 3 fully saturated rings. The molecule has 13 unspecified atom stereocenters. The summed E-state index contributed by atoms with van der Waals surface area (Å²) >= 11 is 0. The second kappa shape index (κ2) is 11.7. The molecule has 1 saturated carbocycles. The van der Waals surface area contributed by atoms with E-state index in [9.17, 15) is 20.4 Å². The number of rotatable bonds is 8. The van der Waals surface area contributed by atoms with Crippen LogP contribution in [0.5, 0.6) is 0 Å². The van der Waals surface area contributed by atoms with Crippen molar-refractivity contribution in [3.05, 3.63) is 0 Å². The van der Waals surface area contributed by atoms with E-state index in [4.69, 9.17) is 36.1 Å². The molecule has 200 valence electrons. The predicted octanol–water partition coefficient (Wildman–Crippen LogP) is -4.36. The topological polar surface area (TPSA) is 220 Å². The third-order valence-corrected chi connectivity index (χ3v) is 7.24. The van der Waals surface area contributed by atoms with Gasteiger partial charge in [0.05, 0.1) is 37.4 Å². The molecule has 3 rings (SSSR count). The molecule has 0 radical (unpaired) electrons. The van der Waals surface area contributed by atoms with Gasteiger partial charge in [-0.05, 0) is 40.3 Å². The fourth-order valence-electron chi connectivity index (χ4n) is 5.17. The van der Waals surface area contributed by atoms with E-state index in [0.717, 1.165) is 0 Å². The third kappa shape index (κ3) is 5.89. The second-order valence-corrected chi connectivity index (χ2v) is 9.91. The van der Waals surface area contributed by atoms with Gasteiger partial charge in [-0.2, -0.15) is 0 Å². The van der Waals surface area contributed by atoms with Crippen molar-refractivity contribution >= 4 is 0 Å². The smallest absolute Gasteiger partial charge is 0.185 e. The molecule has 3 aliphatic rings. The summed E-state index contributed by atoms with van der Waals surface area (Å²) in [6.07, 6.45) is -5.07. The Hall–Kier alpha value is -0.520. The number of nitrogens with one attached hydrogen (secondary N) is 2. The van der Waals surface area contributed by atoms with Crippen LogP contribution in [0.4, 0.5) is 0 Å². The Morgan fingerprint density at radius 2 is 1.62 bits per heavy atom. The number of ether oxygens (including phenoxy) is 4. The van der Waals surface area contributed by atoms with E-state index in [-0.39, 0.29) is 31.8 Å². The van der Waals surface area contributed by atoms with Crippen molar-refractivity contribution < 1.29 is 39.4 Å². The molecule has 13 atom stereocenters. The minimum atomic E-state index is -1.31. The minimum absolute atomic E-state index is 0.0820. The van der Waals surface area contributed by atoms with Crippen molar-refractivity contribution in [1.29, 1.82) is 0 Å². The van der Waals surface area contributed by atoms with E-state index in [2.05, 4.69) is 10.6 Å². The van der Waals surface area contributed by atoms with E-state index in [1.165, 1.54) is 0 Å². The van der Waals surface area contributed by atoms with Crippen molar-refractivity contribution in [2.45, 2.75) is 105 Å². The lowest BCUT2D eigenvalue weighted by molar-refractivity contribution is -0.307. The molecule has 12 N–H and O–H groups in total. The van der Waals surface area contributed by atoms with Crippen molar-refractivity contribution in [3.8, 4) is 0 Å². The summed E-state index contributed by atoms with van der Waals surface area (Å²) in [5.74, 6) is 0. The highest BCUT2D eigenvalue weighted by Gasteiger charge is 2.51. The molecule has 0 aromatic heterocycles. The highest BCUT2D eigenvalue weighted by molar-refractivity contribution is 5.02. The van der Waals surface area contributed by atoms with Crippen LogP contribution in [0.15, 0.2) is 0 Å². The lowest BCUT2D eigenvalue weighted by Crippen LogP contribution is -2.68. The molecular weight excluding hydrogens is 450 g/mol. The molecule has 34 heavy (non-hydrogen) atoms. The first kappa shape index (κ1) is 28.1. The highest BCUT2D eigenvalue weighted by atomic mass is 16.7. The van der Waals surface area contributed by atoms with Gasteiger partial charge >= 0.3 is 0 Å². The summed E-state index contributed by atoms with van der Waals surface area (Å²) in [5.41, 5.74) is 17.4. The summed E-state index contributed by atoms with van der Waals surface area (Å²) in [4.78, 5) is 0. The van der Waals surface area contributed by atoms with Crippen molar-refractivity contribution in [3.63, 3.8) is 0 Å². The first-order valence-electron chi connectivity index (χ1n) is 11.9. The van der Waals surface area contributed by atoms with Crippen LogP contribution < -0.4 is 27.8 Å². The molecule has 0 spiro atoms. The summed E-state index contributed by atoms with van der Waals surface area (Å²) in [7, 11) is 3.35. The van der Waals surface area contributed by atoms with E-state index in [1.54, 1.807) is 21.0 Å². The van der Waals surface area contributed by atoms with Gasteiger partial charge in [0.2, 0.25) is 0 Å². The number of hydrogen-bond donors (Lipinski definition) is 9. The van der Waals surface area contributed by atoms with Crippen LogP contribution in [0.1, 0.15) is 26.2 Å². The van der Waals surface area contributed by atoms with Gasteiger partial charge in [0, 0.05) is 12.1 Å². The number of aliphatic hydroxyl groups is 4.